The molecule has 7 heteroatoms. The van der Waals surface area contributed by atoms with Crippen molar-refractivity contribution in [2.24, 2.45) is 5.16 Å². The lowest BCUT2D eigenvalue weighted by Crippen LogP contribution is -2.17. The van der Waals surface area contributed by atoms with Gasteiger partial charge in [-0.25, -0.2) is 0 Å². The highest BCUT2D eigenvalue weighted by atomic mass is 16.6. The van der Waals surface area contributed by atoms with Gasteiger partial charge in [0, 0.05) is 11.8 Å². The molecule has 7 nitrogen and oxygen atoms in total. The predicted molar refractivity (Wildman–Crippen MR) is 91.1 cm³/mol. The third-order valence-electron chi connectivity index (χ3n) is 3.21. The van der Waals surface area contributed by atoms with Crippen molar-refractivity contribution in [2.75, 3.05) is 11.9 Å². The van der Waals surface area contributed by atoms with Crippen molar-refractivity contribution in [1.29, 1.82) is 0 Å². The van der Waals surface area contributed by atoms with Gasteiger partial charge >= 0.3 is 0 Å². The molecular formula is C17H17N3O4. The van der Waals surface area contributed by atoms with Crippen LogP contribution in [-0.2, 0) is 16.1 Å². The van der Waals surface area contributed by atoms with Gasteiger partial charge < -0.3 is 10.2 Å². The molecule has 0 fully saturated rings. The van der Waals surface area contributed by atoms with Crippen LogP contribution in [0.2, 0.25) is 0 Å². The van der Waals surface area contributed by atoms with Crippen LogP contribution in [0.3, 0.4) is 0 Å². The number of carbonyl (C=O) groups excluding carboxylic acids is 1. The van der Waals surface area contributed by atoms with Crippen LogP contribution in [0.1, 0.15) is 18.1 Å². The molecule has 0 bridgehead atoms. The van der Waals surface area contributed by atoms with E-state index in [0.717, 1.165) is 12.0 Å². The van der Waals surface area contributed by atoms with Gasteiger partial charge in [-0.15, -0.1) is 0 Å². The summed E-state index contributed by atoms with van der Waals surface area (Å²) in [5, 5.41) is 17.2. The number of nitro groups is 1. The molecule has 0 radical (unpaired) electrons. The molecule has 2 aromatic carbocycles. The van der Waals surface area contributed by atoms with Crippen molar-refractivity contribution < 1.29 is 14.6 Å². The molecule has 0 saturated heterocycles. The maximum atomic E-state index is 11.8. The second-order valence-electron chi connectivity index (χ2n) is 4.93. The average Bonchev–Trinajstić information content (AvgIpc) is 2.59. The summed E-state index contributed by atoms with van der Waals surface area (Å²) in [7, 11) is 0. The van der Waals surface area contributed by atoms with Gasteiger partial charge in [0.25, 0.3) is 11.6 Å². The number of hydrogen-bond donors (Lipinski definition) is 1. The zero-order valence-electron chi connectivity index (χ0n) is 13.1. The first-order valence-corrected chi connectivity index (χ1v) is 7.37. The van der Waals surface area contributed by atoms with Crippen molar-refractivity contribution in [1.82, 2.24) is 0 Å². The first-order valence-electron chi connectivity index (χ1n) is 7.37. The van der Waals surface area contributed by atoms with Crippen molar-refractivity contribution in [2.45, 2.75) is 13.3 Å². The molecule has 124 valence electrons. The molecule has 0 aromatic heterocycles. The Kier molecular flexibility index (Phi) is 6.01. The van der Waals surface area contributed by atoms with Gasteiger partial charge in [-0.05, 0) is 30.2 Å². The van der Waals surface area contributed by atoms with Crippen LogP contribution in [0, 0.1) is 10.1 Å². The van der Waals surface area contributed by atoms with Crippen LogP contribution in [0.4, 0.5) is 11.4 Å². The maximum absolute atomic E-state index is 11.8. The summed E-state index contributed by atoms with van der Waals surface area (Å²) in [6.07, 6.45) is 2.09. The molecule has 0 aliphatic rings. The number of nitro benzene ring substituents is 1. The molecule has 0 atom stereocenters. The Morgan fingerprint density at radius 3 is 2.83 bits per heavy atom. The molecule has 0 heterocycles. The molecule has 1 amide bonds. The third-order valence-corrected chi connectivity index (χ3v) is 3.21. The van der Waals surface area contributed by atoms with E-state index in [1.165, 1.54) is 12.3 Å². The molecular weight excluding hydrogens is 310 g/mol. The van der Waals surface area contributed by atoms with E-state index in [-0.39, 0.29) is 18.2 Å². The van der Waals surface area contributed by atoms with Gasteiger partial charge in [0.05, 0.1) is 16.7 Å². The smallest absolute Gasteiger partial charge is 0.278 e. The lowest BCUT2D eigenvalue weighted by Gasteiger charge is -2.05. The summed E-state index contributed by atoms with van der Waals surface area (Å²) in [5.74, 6) is -0.358. The second-order valence-corrected chi connectivity index (χ2v) is 4.93. The highest BCUT2D eigenvalue weighted by Crippen LogP contribution is 2.15. The number of benzene rings is 2. The summed E-state index contributed by atoms with van der Waals surface area (Å²) < 4.78 is 0. The fourth-order valence-corrected chi connectivity index (χ4v) is 2.02. The lowest BCUT2D eigenvalue weighted by atomic mass is 10.1. The molecule has 0 saturated carbocycles. The minimum absolute atomic E-state index is 0.0781. The zero-order chi connectivity index (χ0) is 17.4. The van der Waals surface area contributed by atoms with Crippen molar-refractivity contribution in [3.8, 4) is 0 Å². The molecule has 0 unspecified atom stereocenters. The second kappa shape index (κ2) is 8.42. The molecule has 0 aliphatic heterocycles. The van der Waals surface area contributed by atoms with Crippen molar-refractivity contribution in [3.05, 3.63) is 69.8 Å². The number of para-hydroxylation sites is 1. The Bertz CT molecular complexity index is 759. The fourth-order valence-electron chi connectivity index (χ4n) is 2.02. The summed E-state index contributed by atoms with van der Waals surface area (Å²) in [6, 6.07) is 13.6. The van der Waals surface area contributed by atoms with Crippen LogP contribution in [0.15, 0.2) is 53.7 Å². The molecule has 2 aromatic rings. The van der Waals surface area contributed by atoms with E-state index in [2.05, 4.69) is 10.5 Å². The Labute approximate surface area is 139 Å². The summed E-state index contributed by atoms with van der Waals surface area (Å²) >= 11 is 0. The Morgan fingerprint density at radius 2 is 2.08 bits per heavy atom. The standard InChI is InChI=1S/C17H17N3O4/c1-2-13-6-5-8-15(10-13)19-17(21)12-24-18-11-14-7-3-4-9-16(14)20(22)23/h3-11H,2,12H2,1H3,(H,19,21)/b18-11+. The van der Waals surface area contributed by atoms with Gasteiger partial charge in [0.2, 0.25) is 0 Å². The van der Waals surface area contributed by atoms with Crippen LogP contribution < -0.4 is 5.32 Å². The van der Waals surface area contributed by atoms with E-state index in [9.17, 15) is 14.9 Å². The normalized spacial score (nSPS) is 10.5. The number of carbonyl (C=O) groups is 1. The molecule has 1 N–H and O–H groups in total. The maximum Gasteiger partial charge on any atom is 0.278 e. The highest BCUT2D eigenvalue weighted by Gasteiger charge is 2.10. The van der Waals surface area contributed by atoms with Gasteiger partial charge in [-0.3, -0.25) is 14.9 Å². The SMILES string of the molecule is CCc1cccc(NC(=O)CO/N=C/c2ccccc2[N+](=O)[O-])c1. The van der Waals surface area contributed by atoms with E-state index in [1.54, 1.807) is 24.3 Å². The molecule has 0 spiro atoms. The Hall–Kier alpha value is -3.22. The number of nitrogens with zero attached hydrogens (tertiary/aromatic N) is 2. The van der Waals surface area contributed by atoms with Gasteiger partial charge in [-0.1, -0.05) is 36.3 Å². The van der Waals surface area contributed by atoms with Gasteiger partial charge in [0.1, 0.15) is 0 Å². The summed E-state index contributed by atoms with van der Waals surface area (Å²) in [6.45, 7) is 1.75. The summed E-state index contributed by atoms with van der Waals surface area (Å²) in [4.78, 5) is 27.0. The van der Waals surface area contributed by atoms with E-state index in [0.29, 0.717) is 11.3 Å². The number of hydrogen-bond acceptors (Lipinski definition) is 5. The zero-order valence-corrected chi connectivity index (χ0v) is 13.1. The lowest BCUT2D eigenvalue weighted by molar-refractivity contribution is -0.385. The van der Waals surface area contributed by atoms with Crippen LogP contribution >= 0.6 is 0 Å². The van der Waals surface area contributed by atoms with Gasteiger partial charge in [0.15, 0.2) is 6.61 Å². The number of anilines is 1. The minimum atomic E-state index is -0.505. The molecule has 2 rings (SSSR count). The Morgan fingerprint density at radius 1 is 1.29 bits per heavy atom. The number of nitrogens with one attached hydrogen (secondary N) is 1. The van der Waals surface area contributed by atoms with E-state index in [1.807, 2.05) is 25.1 Å². The number of amides is 1. The van der Waals surface area contributed by atoms with Gasteiger partial charge in [-0.2, -0.15) is 0 Å². The van der Waals surface area contributed by atoms with Crippen LogP contribution in [0.5, 0.6) is 0 Å². The first kappa shape index (κ1) is 17.1. The van der Waals surface area contributed by atoms with Crippen LogP contribution in [0.25, 0.3) is 0 Å². The quantitative estimate of drug-likeness (QED) is 0.480. The highest BCUT2D eigenvalue weighted by molar-refractivity contribution is 5.91. The average molecular weight is 327 g/mol. The number of rotatable bonds is 7. The molecule has 0 aliphatic carbocycles. The number of aryl methyl sites for hydroxylation is 1. The van der Waals surface area contributed by atoms with Crippen molar-refractivity contribution in [3.63, 3.8) is 0 Å². The summed E-state index contributed by atoms with van der Waals surface area (Å²) in [5.41, 5.74) is 2.03. The third kappa shape index (κ3) is 4.91. The predicted octanol–water partition coefficient (Wildman–Crippen LogP) is 3.15. The fraction of sp³-hybridized carbons (Fsp3) is 0.176. The minimum Gasteiger partial charge on any atom is -0.386 e. The number of oxime groups is 1. The Balaban J connectivity index is 1.87. The topological polar surface area (TPSA) is 93.8 Å². The van der Waals surface area contributed by atoms with Crippen LogP contribution in [-0.4, -0.2) is 23.7 Å². The van der Waals surface area contributed by atoms with E-state index >= 15 is 0 Å². The van der Waals surface area contributed by atoms with E-state index < -0.39 is 4.92 Å². The first-order chi connectivity index (χ1) is 11.6. The van der Waals surface area contributed by atoms with E-state index in [4.69, 9.17) is 4.84 Å². The largest absolute Gasteiger partial charge is 0.386 e. The monoisotopic (exact) mass is 327 g/mol. The molecule has 24 heavy (non-hydrogen) atoms. The van der Waals surface area contributed by atoms with Crippen molar-refractivity contribution >= 4 is 23.5 Å².